The zero-order valence-electron chi connectivity index (χ0n) is 21.7. The molecule has 0 fully saturated rings. The molecule has 2 atom stereocenters. The lowest BCUT2D eigenvalue weighted by Gasteiger charge is -2.24. The lowest BCUT2D eigenvalue weighted by Crippen LogP contribution is -2.54. The highest BCUT2D eigenvalue weighted by atomic mass is 16.5. The summed E-state index contributed by atoms with van der Waals surface area (Å²) in [5.41, 5.74) is 2.63. The molecule has 8 nitrogen and oxygen atoms in total. The van der Waals surface area contributed by atoms with Crippen molar-refractivity contribution in [2.24, 2.45) is 5.92 Å². The third kappa shape index (κ3) is 8.03. The number of carbonyl (C=O) groups excluding carboxylic acids is 4. The van der Waals surface area contributed by atoms with Crippen LogP contribution in [-0.4, -0.2) is 42.9 Å². The number of methoxy groups -OCH3 is 1. The van der Waals surface area contributed by atoms with Crippen LogP contribution in [-0.2, 0) is 32.1 Å². The minimum absolute atomic E-state index is 0.0622. The molecular weight excluding hydrogens is 484 g/mol. The van der Waals surface area contributed by atoms with E-state index in [2.05, 4.69) is 10.6 Å². The second-order valence-corrected chi connectivity index (χ2v) is 9.11. The first-order valence-corrected chi connectivity index (χ1v) is 12.3. The molecule has 0 aliphatic rings. The second-order valence-electron chi connectivity index (χ2n) is 9.11. The van der Waals surface area contributed by atoms with E-state index < -0.39 is 30.1 Å². The monoisotopic (exact) mass is 516 g/mol. The maximum atomic E-state index is 13.1. The molecule has 3 aromatic carbocycles. The summed E-state index contributed by atoms with van der Waals surface area (Å²) in [6.07, 6.45) is -0.599. The molecule has 0 heterocycles. The molecule has 2 amide bonds. The van der Waals surface area contributed by atoms with Gasteiger partial charge in [0.1, 0.15) is 18.7 Å². The molecule has 0 bridgehead atoms. The van der Waals surface area contributed by atoms with Gasteiger partial charge in [-0.05, 0) is 17.0 Å². The second kappa shape index (κ2) is 13.7. The topological polar surface area (TPSA) is 111 Å². The largest absolute Gasteiger partial charge is 0.467 e. The SMILES string of the molecule is COC(=O)[C@H](Cc1ccc(C(=O)c2ccccc2)cc1)NC(=O)[C@H](NC(=O)OCc1ccccc1)C(C)C. The number of carbonyl (C=O) groups is 4. The number of rotatable bonds is 11. The van der Waals surface area contributed by atoms with Crippen molar-refractivity contribution in [2.45, 2.75) is 39.0 Å². The maximum Gasteiger partial charge on any atom is 0.408 e. The van der Waals surface area contributed by atoms with Crippen molar-refractivity contribution in [3.63, 3.8) is 0 Å². The zero-order valence-corrected chi connectivity index (χ0v) is 21.7. The highest BCUT2D eigenvalue weighted by molar-refractivity contribution is 6.08. The van der Waals surface area contributed by atoms with E-state index >= 15 is 0 Å². The van der Waals surface area contributed by atoms with Crippen LogP contribution in [0, 0.1) is 5.92 Å². The molecule has 8 heteroatoms. The van der Waals surface area contributed by atoms with Crippen LogP contribution in [0.2, 0.25) is 0 Å². The van der Waals surface area contributed by atoms with E-state index in [0.29, 0.717) is 11.1 Å². The van der Waals surface area contributed by atoms with Crippen LogP contribution in [0.4, 0.5) is 4.79 Å². The molecule has 0 spiro atoms. The number of hydrogen-bond acceptors (Lipinski definition) is 6. The molecule has 0 unspecified atom stereocenters. The predicted octanol–water partition coefficient (Wildman–Crippen LogP) is 4.07. The van der Waals surface area contributed by atoms with Crippen molar-refractivity contribution < 1.29 is 28.7 Å². The summed E-state index contributed by atoms with van der Waals surface area (Å²) in [5, 5.41) is 5.27. The van der Waals surface area contributed by atoms with Crippen molar-refractivity contribution >= 4 is 23.8 Å². The molecule has 38 heavy (non-hydrogen) atoms. The first-order valence-electron chi connectivity index (χ1n) is 12.3. The van der Waals surface area contributed by atoms with E-state index in [-0.39, 0.29) is 24.7 Å². The number of esters is 1. The summed E-state index contributed by atoms with van der Waals surface area (Å²) in [7, 11) is 1.24. The summed E-state index contributed by atoms with van der Waals surface area (Å²) in [5.74, 6) is -1.55. The van der Waals surface area contributed by atoms with Gasteiger partial charge < -0.3 is 20.1 Å². The summed E-state index contributed by atoms with van der Waals surface area (Å²) in [6, 6.07) is 23.0. The first-order chi connectivity index (χ1) is 18.3. The smallest absolute Gasteiger partial charge is 0.408 e. The van der Waals surface area contributed by atoms with Crippen LogP contribution in [0.15, 0.2) is 84.9 Å². The van der Waals surface area contributed by atoms with Gasteiger partial charge in [-0.2, -0.15) is 0 Å². The zero-order chi connectivity index (χ0) is 27.5. The van der Waals surface area contributed by atoms with E-state index in [0.717, 1.165) is 11.1 Å². The third-order valence-corrected chi connectivity index (χ3v) is 5.93. The Balaban J connectivity index is 1.63. The lowest BCUT2D eigenvalue weighted by atomic mass is 9.99. The molecule has 0 aliphatic heterocycles. The maximum absolute atomic E-state index is 13.1. The number of ketones is 1. The average molecular weight is 517 g/mol. The van der Waals surface area contributed by atoms with Crippen LogP contribution in [0.3, 0.4) is 0 Å². The standard InChI is InChI=1S/C30H32N2O6/c1-20(2)26(32-30(36)38-19-22-10-6-4-7-11-22)28(34)31-25(29(35)37-3)18-21-14-16-24(17-15-21)27(33)23-12-8-5-9-13-23/h4-17,20,25-26H,18-19H2,1-3H3,(H,31,34)(H,32,36)/t25-,26+/m0/s1. The van der Waals surface area contributed by atoms with Crippen LogP contribution in [0.5, 0.6) is 0 Å². The number of hydrogen-bond donors (Lipinski definition) is 2. The average Bonchev–Trinajstić information content (AvgIpc) is 2.94. The number of alkyl carbamates (subject to hydrolysis) is 1. The first kappa shape index (κ1) is 28.1. The van der Waals surface area contributed by atoms with Gasteiger partial charge in [-0.1, -0.05) is 98.8 Å². The Hall–Kier alpha value is -4.46. The minimum atomic E-state index is -0.994. The predicted molar refractivity (Wildman–Crippen MR) is 142 cm³/mol. The van der Waals surface area contributed by atoms with Crippen molar-refractivity contribution in [1.29, 1.82) is 0 Å². The van der Waals surface area contributed by atoms with Crippen molar-refractivity contribution in [1.82, 2.24) is 10.6 Å². The van der Waals surface area contributed by atoms with E-state index in [4.69, 9.17) is 9.47 Å². The van der Waals surface area contributed by atoms with Gasteiger partial charge in [-0.25, -0.2) is 9.59 Å². The molecule has 3 rings (SSSR count). The molecule has 198 valence electrons. The van der Waals surface area contributed by atoms with Crippen LogP contribution < -0.4 is 10.6 Å². The molecule has 0 saturated carbocycles. The highest BCUT2D eigenvalue weighted by Crippen LogP contribution is 2.13. The Bertz CT molecular complexity index is 1230. The van der Waals surface area contributed by atoms with Gasteiger partial charge in [-0.15, -0.1) is 0 Å². The quantitative estimate of drug-likeness (QED) is 0.294. The lowest BCUT2D eigenvalue weighted by molar-refractivity contribution is -0.145. The highest BCUT2D eigenvalue weighted by Gasteiger charge is 2.30. The Morgan fingerprint density at radius 1 is 0.737 bits per heavy atom. The molecule has 0 aromatic heterocycles. The fraction of sp³-hybridized carbons (Fsp3) is 0.267. The normalized spacial score (nSPS) is 12.2. The van der Waals surface area contributed by atoms with Crippen molar-refractivity contribution in [2.75, 3.05) is 7.11 Å². The summed E-state index contributed by atoms with van der Waals surface area (Å²) in [4.78, 5) is 50.6. The fourth-order valence-electron chi connectivity index (χ4n) is 3.81. The van der Waals surface area contributed by atoms with Gasteiger partial charge in [0, 0.05) is 17.5 Å². The molecule has 2 N–H and O–H groups in total. The number of nitrogens with one attached hydrogen (secondary N) is 2. The number of benzene rings is 3. The van der Waals surface area contributed by atoms with Crippen LogP contribution >= 0.6 is 0 Å². The summed E-state index contributed by atoms with van der Waals surface area (Å²) >= 11 is 0. The third-order valence-electron chi connectivity index (χ3n) is 5.93. The van der Waals surface area contributed by atoms with Crippen LogP contribution in [0.25, 0.3) is 0 Å². The fourth-order valence-corrected chi connectivity index (χ4v) is 3.81. The number of ether oxygens (including phenoxy) is 2. The molecule has 0 aliphatic carbocycles. The Morgan fingerprint density at radius 3 is 1.89 bits per heavy atom. The minimum Gasteiger partial charge on any atom is -0.467 e. The number of amides is 2. The Morgan fingerprint density at radius 2 is 1.32 bits per heavy atom. The van der Waals surface area contributed by atoms with E-state index in [1.807, 2.05) is 36.4 Å². The van der Waals surface area contributed by atoms with Crippen molar-refractivity contribution in [3.05, 3.63) is 107 Å². The molecule has 0 radical (unpaired) electrons. The Kier molecular flexibility index (Phi) is 10.2. The van der Waals surface area contributed by atoms with Crippen molar-refractivity contribution in [3.8, 4) is 0 Å². The molecular formula is C30H32N2O6. The summed E-state index contributed by atoms with van der Waals surface area (Å²) < 4.78 is 10.1. The van der Waals surface area contributed by atoms with E-state index in [9.17, 15) is 19.2 Å². The van der Waals surface area contributed by atoms with Gasteiger partial charge in [0.15, 0.2) is 5.78 Å². The van der Waals surface area contributed by atoms with E-state index in [1.54, 1.807) is 62.4 Å². The Labute approximate surface area is 222 Å². The van der Waals surface area contributed by atoms with E-state index in [1.165, 1.54) is 7.11 Å². The van der Waals surface area contributed by atoms with Crippen LogP contribution in [0.1, 0.15) is 40.9 Å². The van der Waals surface area contributed by atoms with Gasteiger partial charge >= 0.3 is 12.1 Å². The van der Waals surface area contributed by atoms with Gasteiger partial charge in [0.05, 0.1) is 7.11 Å². The van der Waals surface area contributed by atoms with Gasteiger partial charge in [0.2, 0.25) is 5.91 Å². The summed E-state index contributed by atoms with van der Waals surface area (Å²) in [6.45, 7) is 3.61. The molecule has 3 aromatic rings. The van der Waals surface area contributed by atoms with Gasteiger partial charge in [-0.3, -0.25) is 9.59 Å². The van der Waals surface area contributed by atoms with Gasteiger partial charge in [0.25, 0.3) is 0 Å². The molecule has 0 saturated heterocycles.